The van der Waals surface area contributed by atoms with Gasteiger partial charge >= 0.3 is 0 Å². The Morgan fingerprint density at radius 2 is 1.88 bits per heavy atom. The first-order valence-electron chi connectivity index (χ1n) is 9.35. The molecule has 0 N–H and O–H groups in total. The van der Waals surface area contributed by atoms with Gasteiger partial charge in [0.15, 0.2) is 0 Å². The molecule has 3 nitrogen and oxygen atoms in total. The highest BCUT2D eigenvalue weighted by atomic mass is 35.5. The van der Waals surface area contributed by atoms with Crippen molar-refractivity contribution in [3.63, 3.8) is 0 Å². The SMILES string of the molecule is CN(C[C@H]1CCN(Cc2ccccc2)C1)C(=O)CCc1ccccc1Cl. The first-order chi connectivity index (χ1) is 12.6. The summed E-state index contributed by atoms with van der Waals surface area (Å²) in [6.45, 7) is 4.02. The highest BCUT2D eigenvalue weighted by Gasteiger charge is 2.24. The van der Waals surface area contributed by atoms with Crippen molar-refractivity contribution in [1.29, 1.82) is 0 Å². The fraction of sp³-hybridized carbons (Fsp3) is 0.409. The minimum atomic E-state index is 0.200. The lowest BCUT2D eigenvalue weighted by molar-refractivity contribution is -0.130. The standard InChI is InChI=1S/C22H27ClN2O/c1-24(22(26)12-11-20-9-5-6-10-21(20)23)15-19-13-14-25(17-19)16-18-7-3-2-4-8-18/h2-10,19H,11-17H2,1H3/t19-/m1/s1. The predicted molar refractivity (Wildman–Crippen MR) is 107 cm³/mol. The largest absolute Gasteiger partial charge is 0.345 e. The summed E-state index contributed by atoms with van der Waals surface area (Å²) in [6, 6.07) is 18.4. The van der Waals surface area contributed by atoms with Gasteiger partial charge < -0.3 is 4.90 Å². The zero-order valence-corrected chi connectivity index (χ0v) is 16.2. The van der Waals surface area contributed by atoms with Gasteiger partial charge in [-0.3, -0.25) is 9.69 Å². The highest BCUT2D eigenvalue weighted by molar-refractivity contribution is 6.31. The van der Waals surface area contributed by atoms with Crippen molar-refractivity contribution in [2.24, 2.45) is 5.92 Å². The smallest absolute Gasteiger partial charge is 0.222 e. The number of hydrogen-bond donors (Lipinski definition) is 0. The minimum Gasteiger partial charge on any atom is -0.345 e. The lowest BCUT2D eigenvalue weighted by Crippen LogP contribution is -2.33. The first-order valence-corrected chi connectivity index (χ1v) is 9.73. The zero-order valence-electron chi connectivity index (χ0n) is 15.4. The van der Waals surface area contributed by atoms with Gasteiger partial charge in [0.2, 0.25) is 5.91 Å². The number of likely N-dealkylation sites (tertiary alicyclic amines) is 1. The van der Waals surface area contributed by atoms with Crippen LogP contribution in [0.25, 0.3) is 0 Å². The van der Waals surface area contributed by atoms with Gasteiger partial charge in [-0.05, 0) is 42.5 Å². The van der Waals surface area contributed by atoms with Crippen LogP contribution in [0.15, 0.2) is 54.6 Å². The van der Waals surface area contributed by atoms with Crippen LogP contribution in [-0.2, 0) is 17.8 Å². The summed E-state index contributed by atoms with van der Waals surface area (Å²) in [7, 11) is 1.93. The average molecular weight is 371 g/mol. The summed E-state index contributed by atoms with van der Waals surface area (Å²) in [5.41, 5.74) is 2.41. The van der Waals surface area contributed by atoms with Crippen molar-refractivity contribution in [3.05, 3.63) is 70.7 Å². The van der Waals surface area contributed by atoms with Crippen LogP contribution in [-0.4, -0.2) is 42.4 Å². The Morgan fingerprint density at radius 3 is 2.65 bits per heavy atom. The summed E-state index contributed by atoms with van der Waals surface area (Å²) in [6.07, 6.45) is 2.38. The molecule has 2 aromatic rings. The van der Waals surface area contributed by atoms with E-state index in [2.05, 4.69) is 35.2 Å². The Morgan fingerprint density at radius 1 is 1.15 bits per heavy atom. The number of hydrogen-bond acceptors (Lipinski definition) is 2. The number of carbonyl (C=O) groups is 1. The monoisotopic (exact) mass is 370 g/mol. The number of nitrogens with zero attached hydrogens (tertiary/aromatic N) is 2. The molecule has 26 heavy (non-hydrogen) atoms. The van der Waals surface area contributed by atoms with Crippen LogP contribution < -0.4 is 0 Å². The van der Waals surface area contributed by atoms with E-state index in [0.29, 0.717) is 18.8 Å². The second kappa shape index (κ2) is 9.20. The Labute approximate surface area is 161 Å². The molecule has 1 aliphatic rings. The maximum absolute atomic E-state index is 12.5. The summed E-state index contributed by atoms with van der Waals surface area (Å²) in [5.74, 6) is 0.763. The third kappa shape index (κ3) is 5.33. The van der Waals surface area contributed by atoms with Crippen LogP contribution in [0.3, 0.4) is 0 Å². The Balaban J connectivity index is 1.42. The van der Waals surface area contributed by atoms with Crippen LogP contribution in [0, 0.1) is 5.92 Å². The Kier molecular flexibility index (Phi) is 6.70. The van der Waals surface area contributed by atoms with Crippen molar-refractivity contribution < 1.29 is 4.79 Å². The molecule has 1 saturated heterocycles. The molecule has 0 bridgehead atoms. The molecule has 1 heterocycles. The molecule has 1 fully saturated rings. The molecular weight excluding hydrogens is 344 g/mol. The number of rotatable bonds is 7. The van der Waals surface area contributed by atoms with Crippen molar-refractivity contribution in [3.8, 4) is 0 Å². The van der Waals surface area contributed by atoms with Crippen molar-refractivity contribution in [1.82, 2.24) is 9.80 Å². The fourth-order valence-corrected chi connectivity index (χ4v) is 3.90. The summed E-state index contributed by atoms with van der Waals surface area (Å²) >= 11 is 6.18. The summed E-state index contributed by atoms with van der Waals surface area (Å²) < 4.78 is 0. The third-order valence-corrected chi connectivity index (χ3v) is 5.51. The van der Waals surface area contributed by atoms with Gasteiger partial charge in [-0.2, -0.15) is 0 Å². The lowest BCUT2D eigenvalue weighted by atomic mass is 10.1. The van der Waals surface area contributed by atoms with E-state index in [9.17, 15) is 4.79 Å². The van der Waals surface area contributed by atoms with Gasteiger partial charge in [-0.25, -0.2) is 0 Å². The summed E-state index contributed by atoms with van der Waals surface area (Å²) in [4.78, 5) is 16.8. The van der Waals surface area contributed by atoms with E-state index in [1.54, 1.807) is 0 Å². The molecule has 3 rings (SSSR count). The molecule has 138 valence electrons. The van der Waals surface area contributed by atoms with Crippen molar-refractivity contribution in [2.75, 3.05) is 26.7 Å². The average Bonchev–Trinajstić information content (AvgIpc) is 3.08. The van der Waals surface area contributed by atoms with Gasteiger partial charge in [0.05, 0.1) is 0 Å². The lowest BCUT2D eigenvalue weighted by Gasteiger charge is -2.22. The molecule has 0 aliphatic carbocycles. The molecule has 0 unspecified atom stereocenters. The fourth-order valence-electron chi connectivity index (χ4n) is 3.67. The number of amides is 1. The van der Waals surface area contributed by atoms with E-state index >= 15 is 0 Å². The maximum Gasteiger partial charge on any atom is 0.222 e. The van der Waals surface area contributed by atoms with Crippen LogP contribution in [0.1, 0.15) is 24.0 Å². The summed E-state index contributed by atoms with van der Waals surface area (Å²) in [5, 5.41) is 0.746. The van der Waals surface area contributed by atoms with E-state index in [4.69, 9.17) is 11.6 Å². The van der Waals surface area contributed by atoms with Crippen LogP contribution in [0.5, 0.6) is 0 Å². The normalized spacial score (nSPS) is 17.4. The molecule has 1 amide bonds. The van der Waals surface area contributed by atoms with E-state index in [-0.39, 0.29) is 5.91 Å². The predicted octanol–water partition coefficient (Wildman–Crippen LogP) is 4.25. The Hall–Kier alpha value is -1.84. The van der Waals surface area contributed by atoms with Crippen LogP contribution >= 0.6 is 11.6 Å². The van der Waals surface area contributed by atoms with Gasteiger partial charge in [0.1, 0.15) is 0 Å². The molecule has 0 aromatic heterocycles. The van der Waals surface area contributed by atoms with E-state index in [1.165, 1.54) is 5.56 Å². The number of carbonyl (C=O) groups excluding carboxylic acids is 1. The molecule has 2 aromatic carbocycles. The third-order valence-electron chi connectivity index (χ3n) is 5.14. The first kappa shape index (κ1) is 18.9. The van der Waals surface area contributed by atoms with Crippen LogP contribution in [0.2, 0.25) is 5.02 Å². The van der Waals surface area contributed by atoms with Gasteiger partial charge in [-0.15, -0.1) is 0 Å². The van der Waals surface area contributed by atoms with E-state index in [1.807, 2.05) is 36.2 Å². The maximum atomic E-state index is 12.5. The molecule has 4 heteroatoms. The molecule has 0 saturated carbocycles. The van der Waals surface area contributed by atoms with E-state index in [0.717, 1.165) is 43.2 Å². The van der Waals surface area contributed by atoms with Gasteiger partial charge in [0, 0.05) is 38.1 Å². The van der Waals surface area contributed by atoms with Crippen LogP contribution in [0.4, 0.5) is 0 Å². The van der Waals surface area contributed by atoms with Crippen molar-refractivity contribution >= 4 is 17.5 Å². The zero-order chi connectivity index (χ0) is 18.4. The number of benzene rings is 2. The molecule has 0 spiro atoms. The van der Waals surface area contributed by atoms with Crippen molar-refractivity contribution in [2.45, 2.75) is 25.8 Å². The Bertz CT molecular complexity index is 719. The second-order valence-corrected chi connectivity index (χ2v) is 7.65. The molecule has 1 atom stereocenters. The number of halogens is 1. The topological polar surface area (TPSA) is 23.6 Å². The highest BCUT2D eigenvalue weighted by Crippen LogP contribution is 2.20. The van der Waals surface area contributed by atoms with E-state index < -0.39 is 0 Å². The number of aryl methyl sites for hydroxylation is 1. The second-order valence-electron chi connectivity index (χ2n) is 7.24. The van der Waals surface area contributed by atoms with Gasteiger partial charge in [0.25, 0.3) is 0 Å². The molecule has 1 aliphatic heterocycles. The minimum absolute atomic E-state index is 0.200. The molecule has 0 radical (unpaired) electrons. The quantitative estimate of drug-likeness (QED) is 0.727. The molecular formula is C22H27ClN2O. The van der Waals surface area contributed by atoms with Gasteiger partial charge in [-0.1, -0.05) is 60.1 Å².